The second-order valence-corrected chi connectivity index (χ2v) is 3.14. The summed E-state index contributed by atoms with van der Waals surface area (Å²) < 4.78 is 0. The minimum absolute atomic E-state index is 0.0516. The highest BCUT2D eigenvalue weighted by Crippen LogP contribution is 2.15. The molecule has 1 aliphatic rings. The Morgan fingerprint density at radius 1 is 1.58 bits per heavy atom. The van der Waals surface area contributed by atoms with Crippen LogP contribution in [0.2, 0.25) is 0 Å². The molecular weight excluding hydrogens is 156 g/mol. The fourth-order valence-corrected chi connectivity index (χ4v) is 0.971. The van der Waals surface area contributed by atoms with Crippen LogP contribution in [-0.4, -0.2) is 28.9 Å². The van der Waals surface area contributed by atoms with Crippen molar-refractivity contribution in [3.8, 4) is 12.3 Å². The molecule has 0 aromatic carbocycles. The zero-order chi connectivity index (χ0) is 9.35. The van der Waals surface area contributed by atoms with Gasteiger partial charge in [-0.25, -0.2) is 4.79 Å². The van der Waals surface area contributed by atoms with Gasteiger partial charge < -0.3 is 0 Å². The van der Waals surface area contributed by atoms with Crippen molar-refractivity contribution in [3.05, 3.63) is 0 Å². The molecule has 3 amide bonds. The number of nitrogens with zero attached hydrogens (tertiary/aromatic N) is 1. The predicted molar refractivity (Wildman–Crippen MR) is 43.2 cm³/mol. The van der Waals surface area contributed by atoms with Crippen LogP contribution in [0.1, 0.15) is 13.8 Å². The number of carbonyl (C=O) groups excluding carboxylic acids is 2. The largest absolute Gasteiger partial charge is 0.325 e. The minimum Gasteiger partial charge on any atom is -0.299 e. The highest BCUT2D eigenvalue weighted by molar-refractivity contribution is 6.02. The number of carbonyl (C=O) groups is 2. The van der Waals surface area contributed by atoms with E-state index in [1.54, 1.807) is 13.8 Å². The van der Waals surface area contributed by atoms with Crippen molar-refractivity contribution in [1.29, 1.82) is 0 Å². The van der Waals surface area contributed by atoms with Crippen LogP contribution in [0.15, 0.2) is 0 Å². The molecule has 1 saturated heterocycles. The normalized spacial score (nSPS) is 17.6. The molecule has 0 unspecified atom stereocenters. The first kappa shape index (κ1) is 8.60. The molecule has 0 bridgehead atoms. The Morgan fingerprint density at radius 3 is 2.50 bits per heavy atom. The average Bonchev–Trinajstić information content (AvgIpc) is 2.31. The van der Waals surface area contributed by atoms with E-state index in [0.717, 1.165) is 0 Å². The summed E-state index contributed by atoms with van der Waals surface area (Å²) >= 11 is 0. The van der Waals surface area contributed by atoms with Crippen LogP contribution in [0, 0.1) is 12.3 Å². The Morgan fingerprint density at radius 2 is 2.17 bits per heavy atom. The summed E-state index contributed by atoms with van der Waals surface area (Å²) in [6.07, 6.45) is 5.21. The van der Waals surface area contributed by atoms with Crippen LogP contribution in [0.25, 0.3) is 0 Å². The summed E-state index contributed by atoms with van der Waals surface area (Å²) in [6.45, 7) is 3.48. The maximum absolute atomic E-state index is 11.1. The molecule has 0 radical (unpaired) electrons. The number of terminal acetylenes is 1. The molecule has 4 nitrogen and oxygen atoms in total. The van der Waals surface area contributed by atoms with E-state index in [4.69, 9.17) is 6.42 Å². The number of nitrogens with one attached hydrogen (secondary N) is 1. The number of urea groups is 1. The molecule has 12 heavy (non-hydrogen) atoms. The number of imide groups is 1. The van der Waals surface area contributed by atoms with E-state index < -0.39 is 11.6 Å². The van der Waals surface area contributed by atoms with Crippen LogP contribution >= 0.6 is 0 Å². The van der Waals surface area contributed by atoms with E-state index in [0.29, 0.717) is 0 Å². The van der Waals surface area contributed by atoms with Crippen molar-refractivity contribution in [2.45, 2.75) is 19.4 Å². The maximum atomic E-state index is 11.1. The van der Waals surface area contributed by atoms with Crippen LogP contribution in [0.3, 0.4) is 0 Å². The third-order valence-corrected chi connectivity index (χ3v) is 1.82. The first-order chi connectivity index (χ1) is 5.47. The highest BCUT2D eigenvalue weighted by atomic mass is 16.2. The second kappa shape index (κ2) is 2.52. The summed E-state index contributed by atoms with van der Waals surface area (Å²) in [7, 11) is 0. The molecule has 0 atom stereocenters. The standard InChI is InChI=1S/C8H10N2O2/c1-4-8(2,3)10-5-6(11)9-7(10)12/h1H,5H2,2-3H3,(H,9,11,12). The number of hydrogen-bond acceptors (Lipinski definition) is 2. The van der Waals surface area contributed by atoms with Gasteiger partial charge in [-0.15, -0.1) is 6.42 Å². The van der Waals surface area contributed by atoms with Crippen molar-refractivity contribution in [2.75, 3.05) is 6.54 Å². The number of amides is 3. The van der Waals surface area contributed by atoms with Gasteiger partial charge in [-0.1, -0.05) is 5.92 Å². The molecule has 1 aliphatic heterocycles. The van der Waals surface area contributed by atoms with E-state index >= 15 is 0 Å². The quantitative estimate of drug-likeness (QED) is 0.438. The Kier molecular flexibility index (Phi) is 1.81. The van der Waals surface area contributed by atoms with Gasteiger partial charge in [-0.2, -0.15) is 0 Å². The third kappa shape index (κ3) is 1.26. The molecule has 1 fully saturated rings. The SMILES string of the molecule is C#CC(C)(C)N1CC(=O)NC1=O. The fourth-order valence-electron chi connectivity index (χ4n) is 0.971. The van der Waals surface area contributed by atoms with Gasteiger partial charge in [0.2, 0.25) is 5.91 Å². The summed E-state index contributed by atoms with van der Waals surface area (Å²) in [5.41, 5.74) is -0.698. The van der Waals surface area contributed by atoms with Crippen molar-refractivity contribution in [1.82, 2.24) is 10.2 Å². The van der Waals surface area contributed by atoms with Gasteiger partial charge in [0.15, 0.2) is 0 Å². The summed E-state index contributed by atoms with van der Waals surface area (Å²) in [6, 6.07) is -0.414. The monoisotopic (exact) mass is 166 g/mol. The van der Waals surface area contributed by atoms with E-state index in [9.17, 15) is 9.59 Å². The van der Waals surface area contributed by atoms with Crippen LogP contribution < -0.4 is 5.32 Å². The minimum atomic E-state index is -0.698. The van der Waals surface area contributed by atoms with E-state index in [1.807, 2.05) is 0 Å². The molecule has 64 valence electrons. The zero-order valence-corrected chi connectivity index (χ0v) is 7.05. The molecular formula is C8H10N2O2. The van der Waals surface area contributed by atoms with E-state index in [-0.39, 0.29) is 12.5 Å². The van der Waals surface area contributed by atoms with Crippen molar-refractivity contribution in [3.63, 3.8) is 0 Å². The Balaban J connectivity index is 2.85. The van der Waals surface area contributed by atoms with Crippen molar-refractivity contribution in [2.24, 2.45) is 0 Å². The first-order valence-electron chi connectivity index (χ1n) is 3.56. The molecule has 0 spiro atoms. The smallest absolute Gasteiger partial charge is 0.299 e. The van der Waals surface area contributed by atoms with Crippen LogP contribution in [-0.2, 0) is 4.79 Å². The average molecular weight is 166 g/mol. The van der Waals surface area contributed by atoms with Gasteiger partial charge in [0.25, 0.3) is 0 Å². The third-order valence-electron chi connectivity index (χ3n) is 1.82. The lowest BCUT2D eigenvalue weighted by molar-refractivity contribution is -0.118. The Labute approximate surface area is 70.9 Å². The van der Waals surface area contributed by atoms with Crippen molar-refractivity contribution < 1.29 is 9.59 Å². The van der Waals surface area contributed by atoms with E-state index in [2.05, 4.69) is 11.2 Å². The molecule has 0 aromatic heterocycles. The molecule has 1 N–H and O–H groups in total. The maximum Gasteiger partial charge on any atom is 0.325 e. The molecule has 0 saturated carbocycles. The lowest BCUT2D eigenvalue weighted by Crippen LogP contribution is -2.44. The van der Waals surface area contributed by atoms with Crippen LogP contribution in [0.5, 0.6) is 0 Å². The zero-order valence-electron chi connectivity index (χ0n) is 7.05. The van der Waals surface area contributed by atoms with E-state index in [1.165, 1.54) is 4.90 Å². The van der Waals surface area contributed by atoms with Crippen LogP contribution in [0.4, 0.5) is 4.79 Å². The molecule has 0 aliphatic carbocycles. The second-order valence-electron chi connectivity index (χ2n) is 3.14. The number of hydrogen-bond donors (Lipinski definition) is 1. The van der Waals surface area contributed by atoms with Gasteiger partial charge in [0, 0.05) is 0 Å². The van der Waals surface area contributed by atoms with Gasteiger partial charge >= 0.3 is 6.03 Å². The van der Waals surface area contributed by atoms with Gasteiger partial charge in [0.1, 0.15) is 12.1 Å². The lowest BCUT2D eigenvalue weighted by Gasteiger charge is -2.28. The molecule has 1 heterocycles. The van der Waals surface area contributed by atoms with Crippen molar-refractivity contribution >= 4 is 11.9 Å². The Hall–Kier alpha value is -1.50. The summed E-state index contributed by atoms with van der Waals surface area (Å²) in [5.74, 6) is 2.14. The number of rotatable bonds is 1. The Bertz CT molecular complexity index is 275. The summed E-state index contributed by atoms with van der Waals surface area (Å²) in [5, 5.41) is 2.16. The molecule has 4 heteroatoms. The van der Waals surface area contributed by atoms with Gasteiger partial charge in [0.05, 0.1) is 0 Å². The van der Waals surface area contributed by atoms with Gasteiger partial charge in [-0.05, 0) is 13.8 Å². The topological polar surface area (TPSA) is 49.4 Å². The predicted octanol–water partition coefficient (Wildman–Crippen LogP) is -0.0500. The molecule has 0 aromatic rings. The first-order valence-corrected chi connectivity index (χ1v) is 3.56. The highest BCUT2D eigenvalue weighted by Gasteiger charge is 2.36. The summed E-state index contributed by atoms with van der Waals surface area (Å²) in [4.78, 5) is 23.2. The molecule has 1 rings (SSSR count). The fraction of sp³-hybridized carbons (Fsp3) is 0.500. The van der Waals surface area contributed by atoms with Gasteiger partial charge in [-0.3, -0.25) is 15.0 Å². The lowest BCUT2D eigenvalue weighted by atomic mass is 10.1.